The van der Waals surface area contributed by atoms with Gasteiger partial charge in [0.15, 0.2) is 0 Å². The van der Waals surface area contributed by atoms with Gasteiger partial charge in [-0.3, -0.25) is 0 Å². The van der Waals surface area contributed by atoms with Gasteiger partial charge in [0.2, 0.25) is 0 Å². The molecule has 0 radical (unpaired) electrons. The average molecular weight is 282 g/mol. The molecule has 0 aromatic carbocycles. The molecule has 0 amide bonds. The summed E-state index contributed by atoms with van der Waals surface area (Å²) >= 11 is 5.89. The second-order valence-corrected chi connectivity index (χ2v) is 6.06. The number of hydrogen-bond acceptors (Lipinski definition) is 3. The van der Waals surface area contributed by atoms with Crippen LogP contribution in [0.3, 0.4) is 0 Å². The van der Waals surface area contributed by atoms with E-state index >= 15 is 0 Å². The Hall–Kier alpha value is -0.800. The van der Waals surface area contributed by atoms with Crippen LogP contribution in [0.4, 0.5) is 5.69 Å². The van der Waals surface area contributed by atoms with Crippen LogP contribution in [0.25, 0.3) is 0 Å². The van der Waals surface area contributed by atoms with Crippen molar-refractivity contribution < 1.29 is 0 Å². The molecule has 3 nitrogen and oxygen atoms in total. The van der Waals surface area contributed by atoms with Crippen LogP contribution < -0.4 is 5.32 Å². The fourth-order valence-electron chi connectivity index (χ4n) is 2.68. The van der Waals surface area contributed by atoms with Crippen molar-refractivity contribution in [2.75, 3.05) is 18.4 Å². The summed E-state index contributed by atoms with van der Waals surface area (Å²) < 4.78 is 0. The molecule has 4 heteroatoms. The second kappa shape index (κ2) is 6.58. The Labute approximate surface area is 121 Å². The summed E-state index contributed by atoms with van der Waals surface area (Å²) in [6.45, 7) is 8.95. The number of rotatable bonds is 3. The number of nitrogens with zero attached hydrogens (tertiary/aromatic N) is 2. The van der Waals surface area contributed by atoms with Crippen LogP contribution in [-0.4, -0.2) is 35.1 Å². The highest BCUT2D eigenvalue weighted by molar-refractivity contribution is 6.29. The maximum absolute atomic E-state index is 5.89. The third-order valence-corrected chi connectivity index (χ3v) is 4.11. The first kappa shape index (κ1) is 14.6. The number of aryl methyl sites for hydroxylation is 1. The van der Waals surface area contributed by atoms with Gasteiger partial charge in [-0.2, -0.15) is 0 Å². The molecule has 1 atom stereocenters. The molecule has 1 fully saturated rings. The van der Waals surface area contributed by atoms with Crippen molar-refractivity contribution in [3.63, 3.8) is 0 Å². The fraction of sp³-hybridized carbons (Fsp3) is 0.667. The number of hydrogen-bond donors (Lipinski definition) is 1. The summed E-state index contributed by atoms with van der Waals surface area (Å²) in [5, 5.41) is 4.19. The van der Waals surface area contributed by atoms with Crippen molar-refractivity contribution in [2.24, 2.45) is 0 Å². The van der Waals surface area contributed by atoms with E-state index in [1.165, 1.54) is 32.4 Å². The number of aromatic nitrogens is 1. The molecule has 1 saturated heterocycles. The van der Waals surface area contributed by atoms with Gasteiger partial charge in [-0.15, -0.1) is 0 Å². The number of anilines is 1. The van der Waals surface area contributed by atoms with Crippen LogP contribution in [0.15, 0.2) is 12.1 Å². The minimum Gasteiger partial charge on any atom is -0.381 e. The molecule has 1 aliphatic rings. The van der Waals surface area contributed by atoms with E-state index in [-0.39, 0.29) is 0 Å². The van der Waals surface area contributed by atoms with Gasteiger partial charge in [0, 0.05) is 18.6 Å². The third-order valence-electron chi connectivity index (χ3n) is 3.90. The van der Waals surface area contributed by atoms with Crippen molar-refractivity contribution in [2.45, 2.75) is 52.1 Å². The lowest BCUT2D eigenvalue weighted by Gasteiger charge is -2.24. The highest BCUT2D eigenvalue weighted by Crippen LogP contribution is 2.21. The molecule has 19 heavy (non-hydrogen) atoms. The first-order valence-corrected chi connectivity index (χ1v) is 7.58. The quantitative estimate of drug-likeness (QED) is 0.856. The molecule has 1 N–H and O–H groups in total. The van der Waals surface area contributed by atoms with Gasteiger partial charge in [0.05, 0.1) is 11.4 Å². The van der Waals surface area contributed by atoms with Gasteiger partial charge in [0.1, 0.15) is 5.15 Å². The van der Waals surface area contributed by atoms with Crippen LogP contribution in [-0.2, 0) is 0 Å². The summed E-state index contributed by atoms with van der Waals surface area (Å²) in [7, 11) is 0. The maximum Gasteiger partial charge on any atom is 0.129 e. The number of nitrogens with one attached hydrogen (secondary N) is 1. The van der Waals surface area contributed by atoms with E-state index in [4.69, 9.17) is 11.6 Å². The summed E-state index contributed by atoms with van der Waals surface area (Å²) in [6, 6.07) is 5.09. The van der Waals surface area contributed by atoms with Gasteiger partial charge >= 0.3 is 0 Å². The highest BCUT2D eigenvalue weighted by Gasteiger charge is 2.18. The van der Waals surface area contributed by atoms with E-state index in [9.17, 15) is 0 Å². The van der Waals surface area contributed by atoms with Crippen molar-refractivity contribution in [1.29, 1.82) is 0 Å². The molecule has 0 saturated carbocycles. The standard InChI is InChI=1S/C15H24ClN3/c1-11(2)19-9-4-5-13(8-10-19)18-14-6-7-15(16)17-12(14)3/h6-7,11,13,18H,4-5,8-10H2,1-3H3. The molecule has 1 unspecified atom stereocenters. The van der Waals surface area contributed by atoms with Crippen molar-refractivity contribution >= 4 is 17.3 Å². The SMILES string of the molecule is Cc1nc(Cl)ccc1NC1CCCN(C(C)C)CC1. The van der Waals surface area contributed by atoms with Gasteiger partial charge < -0.3 is 10.2 Å². The molecule has 0 spiro atoms. The molecule has 2 heterocycles. The van der Waals surface area contributed by atoms with Gasteiger partial charge in [-0.25, -0.2) is 4.98 Å². The van der Waals surface area contributed by atoms with Crippen molar-refractivity contribution in [3.8, 4) is 0 Å². The molecule has 1 aliphatic heterocycles. The van der Waals surface area contributed by atoms with E-state index in [1.807, 2.05) is 19.1 Å². The molecule has 0 bridgehead atoms. The lowest BCUT2D eigenvalue weighted by atomic mass is 10.1. The molecular weight excluding hydrogens is 258 g/mol. The van der Waals surface area contributed by atoms with E-state index in [0.29, 0.717) is 17.2 Å². The van der Waals surface area contributed by atoms with Crippen LogP contribution in [0.2, 0.25) is 5.15 Å². The first-order valence-electron chi connectivity index (χ1n) is 7.20. The van der Waals surface area contributed by atoms with E-state index in [0.717, 1.165) is 11.4 Å². The average Bonchev–Trinajstić information content (AvgIpc) is 2.58. The van der Waals surface area contributed by atoms with Gasteiger partial charge in [-0.05, 0) is 58.7 Å². The van der Waals surface area contributed by atoms with E-state index in [2.05, 4.69) is 29.0 Å². The molecule has 106 valence electrons. The monoisotopic (exact) mass is 281 g/mol. The molecule has 1 aromatic heterocycles. The zero-order chi connectivity index (χ0) is 13.8. The number of halogens is 1. The predicted molar refractivity (Wildman–Crippen MR) is 82.0 cm³/mol. The normalized spacial score (nSPS) is 21.4. The summed E-state index contributed by atoms with van der Waals surface area (Å²) in [4.78, 5) is 6.86. The first-order chi connectivity index (χ1) is 9.06. The number of likely N-dealkylation sites (tertiary alicyclic amines) is 1. The number of pyridine rings is 1. The second-order valence-electron chi connectivity index (χ2n) is 5.67. The van der Waals surface area contributed by atoms with Crippen molar-refractivity contribution in [1.82, 2.24) is 9.88 Å². The molecular formula is C15H24ClN3. The largest absolute Gasteiger partial charge is 0.381 e. The lowest BCUT2D eigenvalue weighted by molar-refractivity contribution is 0.230. The smallest absolute Gasteiger partial charge is 0.129 e. The Kier molecular flexibility index (Phi) is 5.06. The summed E-state index contributed by atoms with van der Waals surface area (Å²) in [6.07, 6.45) is 3.68. The third kappa shape index (κ3) is 4.08. The Morgan fingerprint density at radius 2 is 2.11 bits per heavy atom. The summed E-state index contributed by atoms with van der Waals surface area (Å²) in [5.41, 5.74) is 2.10. The molecule has 0 aliphatic carbocycles. The Balaban J connectivity index is 1.96. The van der Waals surface area contributed by atoms with Gasteiger partial charge in [-0.1, -0.05) is 11.6 Å². The van der Waals surface area contributed by atoms with E-state index < -0.39 is 0 Å². The van der Waals surface area contributed by atoms with Gasteiger partial charge in [0.25, 0.3) is 0 Å². The highest BCUT2D eigenvalue weighted by atomic mass is 35.5. The maximum atomic E-state index is 5.89. The lowest BCUT2D eigenvalue weighted by Crippen LogP contribution is -2.32. The molecule has 1 aromatic rings. The zero-order valence-corrected chi connectivity index (χ0v) is 12.9. The zero-order valence-electron chi connectivity index (χ0n) is 12.1. The van der Waals surface area contributed by atoms with E-state index in [1.54, 1.807) is 0 Å². The van der Waals surface area contributed by atoms with Crippen molar-refractivity contribution in [3.05, 3.63) is 23.0 Å². The predicted octanol–water partition coefficient (Wildman–Crippen LogP) is 3.72. The van der Waals surface area contributed by atoms with Crippen LogP contribution in [0.1, 0.15) is 38.8 Å². The molecule has 2 rings (SSSR count). The minimum atomic E-state index is 0.547. The van der Waals surface area contributed by atoms with Crippen LogP contribution >= 0.6 is 11.6 Å². The Bertz CT molecular complexity index is 420. The topological polar surface area (TPSA) is 28.2 Å². The Morgan fingerprint density at radius 3 is 2.79 bits per heavy atom. The summed E-state index contributed by atoms with van der Waals surface area (Å²) in [5.74, 6) is 0. The fourth-order valence-corrected chi connectivity index (χ4v) is 2.87. The van der Waals surface area contributed by atoms with Crippen LogP contribution in [0.5, 0.6) is 0 Å². The Morgan fingerprint density at radius 1 is 1.32 bits per heavy atom. The minimum absolute atomic E-state index is 0.547. The van der Waals surface area contributed by atoms with Crippen LogP contribution in [0, 0.1) is 6.92 Å².